The van der Waals surface area contributed by atoms with Crippen LogP contribution in [0.25, 0.3) is 0 Å². The van der Waals surface area contributed by atoms with Crippen molar-refractivity contribution in [3.8, 4) is 0 Å². The summed E-state index contributed by atoms with van der Waals surface area (Å²) in [6.07, 6.45) is 0. The molecule has 0 saturated heterocycles. The summed E-state index contributed by atoms with van der Waals surface area (Å²) in [4.78, 5) is 33.6. The maximum absolute atomic E-state index is 10.8. The zero-order chi connectivity index (χ0) is 12.3. The Morgan fingerprint density at radius 3 is 2.69 bits per heavy atom. The Labute approximate surface area is 95.5 Å². The molecule has 0 aliphatic heterocycles. The molecular weight excluding hydrogens is 236 g/mol. The Bertz CT molecular complexity index is 508. The second-order valence-corrected chi connectivity index (χ2v) is 3.19. The van der Waals surface area contributed by atoms with Crippen molar-refractivity contribution < 1.29 is 14.4 Å². The Morgan fingerprint density at radius 2 is 2.19 bits per heavy atom. The lowest BCUT2D eigenvalue weighted by Crippen LogP contribution is -2.33. The maximum Gasteiger partial charge on any atom is 0.330 e. The van der Waals surface area contributed by atoms with Gasteiger partial charge in [0.1, 0.15) is 5.15 Å². The van der Waals surface area contributed by atoms with Crippen LogP contribution in [0.15, 0.2) is 11.1 Å². The lowest BCUT2D eigenvalue weighted by Gasteiger charge is -2.08. The highest BCUT2D eigenvalue weighted by Gasteiger charge is 2.07. The third-order valence-corrected chi connectivity index (χ3v) is 1.57. The number of nitrogen functional groups attached to an aromatic ring is 1. The maximum atomic E-state index is 10.8. The molecule has 1 heterocycles. The molecule has 0 aliphatic rings. The summed E-state index contributed by atoms with van der Waals surface area (Å²) in [5.41, 5.74) is 5.47. The van der Waals surface area contributed by atoms with E-state index in [1.807, 2.05) is 0 Å². The quantitative estimate of drug-likeness (QED) is 0.674. The number of carbonyl (C=O) groups excluding carboxylic acids is 2. The molecule has 1 aromatic rings. The highest BCUT2D eigenvalue weighted by Crippen LogP contribution is 2.02. The number of hydrogen-bond donors (Lipinski definition) is 1. The van der Waals surface area contributed by atoms with Crippen molar-refractivity contribution in [1.29, 1.82) is 0 Å². The van der Waals surface area contributed by atoms with Gasteiger partial charge in [-0.2, -0.15) is 4.99 Å². The number of carbonyl (C=O) groups is 2. The third kappa shape index (κ3) is 3.06. The first-order chi connectivity index (χ1) is 7.40. The Kier molecular flexibility index (Phi) is 3.62. The first kappa shape index (κ1) is 12.2. The van der Waals surface area contributed by atoms with Gasteiger partial charge in [0.15, 0.2) is 5.49 Å². The highest BCUT2D eigenvalue weighted by atomic mass is 35.5. The van der Waals surface area contributed by atoms with E-state index >= 15 is 0 Å². The van der Waals surface area contributed by atoms with Crippen molar-refractivity contribution in [1.82, 2.24) is 9.71 Å². The largest absolute Gasteiger partial charge is 0.367 e. The van der Waals surface area contributed by atoms with Crippen LogP contribution in [0.2, 0.25) is 5.15 Å². The van der Waals surface area contributed by atoms with Crippen molar-refractivity contribution in [2.24, 2.45) is 4.99 Å². The minimum atomic E-state index is -0.624. The standard InChI is InChI=1S/C8H9ClN4O3/c1-4(14)11-7-3-6(9)12-8(10)13(7)16-5(2)15/h3H,1-2H3,(H2,10,12). The van der Waals surface area contributed by atoms with Crippen LogP contribution in [-0.4, -0.2) is 21.6 Å². The van der Waals surface area contributed by atoms with Gasteiger partial charge in [-0.05, 0) is 0 Å². The zero-order valence-corrected chi connectivity index (χ0v) is 9.35. The van der Waals surface area contributed by atoms with Gasteiger partial charge in [0.05, 0.1) is 0 Å². The second kappa shape index (κ2) is 4.75. The van der Waals surface area contributed by atoms with E-state index < -0.39 is 11.9 Å². The molecule has 1 aromatic heterocycles. The van der Waals surface area contributed by atoms with E-state index in [2.05, 4.69) is 9.98 Å². The summed E-state index contributed by atoms with van der Waals surface area (Å²) in [7, 11) is 0. The van der Waals surface area contributed by atoms with Crippen LogP contribution in [0, 0.1) is 0 Å². The Hall–Kier alpha value is -1.89. The number of aromatic nitrogens is 2. The van der Waals surface area contributed by atoms with E-state index in [1.165, 1.54) is 19.9 Å². The molecule has 0 unspecified atom stereocenters. The summed E-state index contributed by atoms with van der Waals surface area (Å²) in [5, 5.41) is 0.0425. The molecule has 0 spiro atoms. The van der Waals surface area contributed by atoms with Gasteiger partial charge in [0.2, 0.25) is 11.9 Å². The van der Waals surface area contributed by atoms with Crippen LogP contribution in [0.1, 0.15) is 13.8 Å². The van der Waals surface area contributed by atoms with Gasteiger partial charge in [0.25, 0.3) is 0 Å². The van der Waals surface area contributed by atoms with Crippen LogP contribution in [0.5, 0.6) is 0 Å². The molecular formula is C8H9ClN4O3. The third-order valence-electron chi connectivity index (χ3n) is 1.38. The molecule has 0 radical (unpaired) electrons. The fourth-order valence-electron chi connectivity index (χ4n) is 0.931. The van der Waals surface area contributed by atoms with E-state index in [4.69, 9.17) is 22.2 Å². The molecule has 8 heteroatoms. The highest BCUT2D eigenvalue weighted by molar-refractivity contribution is 6.29. The number of halogens is 1. The van der Waals surface area contributed by atoms with Gasteiger partial charge in [-0.3, -0.25) is 4.79 Å². The lowest BCUT2D eigenvalue weighted by atomic mass is 10.6. The summed E-state index contributed by atoms with van der Waals surface area (Å²) in [5.74, 6) is -1.29. The summed E-state index contributed by atoms with van der Waals surface area (Å²) < 4.78 is 0.829. The van der Waals surface area contributed by atoms with Gasteiger partial charge in [-0.25, -0.2) is 9.78 Å². The molecule has 16 heavy (non-hydrogen) atoms. The molecule has 7 nitrogen and oxygen atoms in total. The molecule has 0 saturated carbocycles. The number of nitrogens with two attached hydrogens (primary N) is 1. The van der Waals surface area contributed by atoms with Crippen molar-refractivity contribution in [2.45, 2.75) is 13.8 Å². The van der Waals surface area contributed by atoms with Crippen LogP contribution < -0.4 is 16.1 Å². The molecule has 0 aliphatic carbocycles. The summed E-state index contributed by atoms with van der Waals surface area (Å²) in [6.45, 7) is 2.42. The van der Waals surface area contributed by atoms with Crippen molar-refractivity contribution in [2.75, 3.05) is 5.73 Å². The van der Waals surface area contributed by atoms with E-state index in [-0.39, 0.29) is 16.6 Å². The monoisotopic (exact) mass is 244 g/mol. The van der Waals surface area contributed by atoms with Crippen molar-refractivity contribution >= 4 is 29.4 Å². The molecule has 0 atom stereocenters. The summed E-state index contributed by atoms with van der Waals surface area (Å²) in [6, 6.07) is 1.25. The van der Waals surface area contributed by atoms with E-state index in [9.17, 15) is 9.59 Å². The SMILES string of the molecule is CC(=O)N=c1cc(Cl)nc(N)n1OC(C)=O. The van der Waals surface area contributed by atoms with Gasteiger partial charge < -0.3 is 10.6 Å². The van der Waals surface area contributed by atoms with Crippen molar-refractivity contribution in [3.63, 3.8) is 0 Å². The Balaban J connectivity index is 3.44. The van der Waals surface area contributed by atoms with E-state index in [0.717, 1.165) is 4.73 Å². The number of hydrogen-bond acceptors (Lipinski definition) is 5. The molecule has 1 rings (SSSR count). The average molecular weight is 245 g/mol. The smallest absolute Gasteiger partial charge is 0.330 e. The van der Waals surface area contributed by atoms with E-state index in [1.54, 1.807) is 0 Å². The predicted octanol–water partition coefficient (Wildman–Crippen LogP) is -0.459. The van der Waals surface area contributed by atoms with Gasteiger partial charge in [0, 0.05) is 19.9 Å². The van der Waals surface area contributed by atoms with Crippen LogP contribution in [0.4, 0.5) is 5.95 Å². The molecule has 2 N–H and O–H groups in total. The number of amides is 1. The molecule has 1 amide bonds. The molecule has 0 fully saturated rings. The molecule has 86 valence electrons. The Morgan fingerprint density at radius 1 is 1.56 bits per heavy atom. The zero-order valence-electron chi connectivity index (χ0n) is 8.60. The fraction of sp³-hybridized carbons (Fsp3) is 0.250. The number of rotatable bonds is 1. The number of nitrogens with zero attached hydrogens (tertiary/aromatic N) is 3. The van der Waals surface area contributed by atoms with Crippen LogP contribution in [-0.2, 0) is 9.59 Å². The van der Waals surface area contributed by atoms with E-state index in [0.29, 0.717) is 0 Å². The predicted molar refractivity (Wildman–Crippen MR) is 55.2 cm³/mol. The minimum absolute atomic E-state index is 0.000185. The second-order valence-electron chi connectivity index (χ2n) is 2.80. The summed E-state index contributed by atoms with van der Waals surface area (Å²) >= 11 is 5.63. The van der Waals surface area contributed by atoms with Crippen LogP contribution >= 0.6 is 11.6 Å². The van der Waals surface area contributed by atoms with Gasteiger partial charge in [-0.1, -0.05) is 11.6 Å². The number of anilines is 1. The molecule has 0 aromatic carbocycles. The van der Waals surface area contributed by atoms with Crippen LogP contribution in [0.3, 0.4) is 0 Å². The lowest BCUT2D eigenvalue weighted by molar-refractivity contribution is -0.142. The normalized spacial score (nSPS) is 11.3. The van der Waals surface area contributed by atoms with Crippen molar-refractivity contribution in [3.05, 3.63) is 16.7 Å². The molecule has 0 bridgehead atoms. The van der Waals surface area contributed by atoms with Gasteiger partial charge in [-0.15, -0.1) is 4.73 Å². The fourth-order valence-corrected chi connectivity index (χ4v) is 1.11. The van der Waals surface area contributed by atoms with Gasteiger partial charge >= 0.3 is 5.97 Å². The first-order valence-corrected chi connectivity index (χ1v) is 4.57. The average Bonchev–Trinajstić information content (AvgIpc) is 2.09. The topological polar surface area (TPSA) is 99.6 Å². The first-order valence-electron chi connectivity index (χ1n) is 4.19. The minimum Gasteiger partial charge on any atom is -0.367 e.